The number of ether oxygens (including phenoxy) is 1. The maximum atomic E-state index is 5.86. The molecule has 3 rings (SSSR count). The Morgan fingerprint density at radius 3 is 3.00 bits per heavy atom. The lowest BCUT2D eigenvalue weighted by Crippen LogP contribution is -2.19. The Morgan fingerprint density at radius 2 is 2.20 bits per heavy atom. The number of hydrogen-bond acceptors (Lipinski definition) is 1. The monoisotopic (exact) mass is 201 g/mol. The predicted octanol–water partition coefficient (Wildman–Crippen LogP) is 3.35. The molecule has 1 aliphatic rings. The average Bonchev–Trinajstić information content (AvgIpc) is 2.63. The first kappa shape index (κ1) is 8.84. The van der Waals surface area contributed by atoms with Crippen LogP contribution < -0.4 is 4.74 Å². The number of hydrogen-bond donors (Lipinski definition) is 1. The molecule has 0 saturated heterocycles. The molecule has 0 bridgehead atoms. The van der Waals surface area contributed by atoms with Gasteiger partial charge in [0.05, 0.1) is 6.61 Å². The number of nitrogens with one attached hydrogen (secondary N) is 1. The van der Waals surface area contributed by atoms with E-state index in [1.165, 1.54) is 24.6 Å². The fraction of sp³-hybridized carbons (Fsp3) is 0.385. The van der Waals surface area contributed by atoms with Crippen LogP contribution in [0, 0.1) is 5.92 Å². The van der Waals surface area contributed by atoms with Gasteiger partial charge in [0.1, 0.15) is 5.75 Å². The van der Waals surface area contributed by atoms with E-state index in [2.05, 4.69) is 23.2 Å². The Labute approximate surface area is 89.3 Å². The van der Waals surface area contributed by atoms with Crippen molar-refractivity contribution >= 4 is 10.9 Å². The third-order valence-electron chi connectivity index (χ3n) is 3.25. The topological polar surface area (TPSA) is 25.0 Å². The second kappa shape index (κ2) is 3.61. The smallest absolute Gasteiger partial charge is 0.128 e. The lowest BCUT2D eigenvalue weighted by atomic mass is 9.86. The van der Waals surface area contributed by atoms with Crippen molar-refractivity contribution in [1.29, 1.82) is 0 Å². The van der Waals surface area contributed by atoms with Crippen LogP contribution in [0.2, 0.25) is 0 Å². The summed E-state index contributed by atoms with van der Waals surface area (Å²) >= 11 is 0. The third-order valence-corrected chi connectivity index (χ3v) is 3.25. The second-order valence-electron chi connectivity index (χ2n) is 4.30. The molecule has 2 nitrogen and oxygen atoms in total. The van der Waals surface area contributed by atoms with E-state index < -0.39 is 0 Å². The van der Waals surface area contributed by atoms with Gasteiger partial charge in [-0.05, 0) is 37.0 Å². The van der Waals surface area contributed by atoms with Crippen LogP contribution in [0.1, 0.15) is 19.3 Å². The van der Waals surface area contributed by atoms with Crippen LogP contribution >= 0.6 is 0 Å². The van der Waals surface area contributed by atoms with E-state index >= 15 is 0 Å². The van der Waals surface area contributed by atoms with E-state index in [0.717, 1.165) is 23.8 Å². The number of H-pyrrole nitrogens is 1. The normalized spacial score (nSPS) is 16.5. The Bertz CT molecular complexity index is 456. The quantitative estimate of drug-likeness (QED) is 0.809. The molecular weight excluding hydrogens is 186 g/mol. The van der Waals surface area contributed by atoms with Gasteiger partial charge >= 0.3 is 0 Å². The summed E-state index contributed by atoms with van der Waals surface area (Å²) in [6.07, 6.45) is 6.01. The summed E-state index contributed by atoms with van der Waals surface area (Å²) in [6.45, 7) is 0.879. The van der Waals surface area contributed by atoms with Crippen molar-refractivity contribution in [3.63, 3.8) is 0 Å². The molecule has 1 aromatic heterocycles. The minimum Gasteiger partial charge on any atom is -0.493 e. The van der Waals surface area contributed by atoms with Crippen molar-refractivity contribution in [2.75, 3.05) is 6.61 Å². The number of rotatable bonds is 3. The molecule has 0 spiro atoms. The summed E-state index contributed by atoms with van der Waals surface area (Å²) in [7, 11) is 0. The van der Waals surface area contributed by atoms with Gasteiger partial charge in [0.15, 0.2) is 0 Å². The van der Waals surface area contributed by atoms with Gasteiger partial charge in [0.2, 0.25) is 0 Å². The molecule has 1 aromatic carbocycles. The first-order valence-corrected chi connectivity index (χ1v) is 5.62. The molecule has 0 aliphatic heterocycles. The van der Waals surface area contributed by atoms with Gasteiger partial charge in [0.25, 0.3) is 0 Å². The van der Waals surface area contributed by atoms with Crippen molar-refractivity contribution in [3.05, 3.63) is 30.5 Å². The average molecular weight is 201 g/mol. The van der Waals surface area contributed by atoms with Gasteiger partial charge < -0.3 is 9.72 Å². The summed E-state index contributed by atoms with van der Waals surface area (Å²) in [6, 6.07) is 8.24. The second-order valence-corrected chi connectivity index (χ2v) is 4.30. The van der Waals surface area contributed by atoms with Crippen molar-refractivity contribution in [2.45, 2.75) is 19.3 Å². The minimum atomic E-state index is 0.791. The zero-order valence-corrected chi connectivity index (χ0v) is 8.70. The summed E-state index contributed by atoms with van der Waals surface area (Å²) in [4.78, 5) is 3.20. The van der Waals surface area contributed by atoms with Crippen molar-refractivity contribution in [3.8, 4) is 5.75 Å². The largest absolute Gasteiger partial charge is 0.493 e. The molecule has 1 heterocycles. The first-order valence-electron chi connectivity index (χ1n) is 5.62. The summed E-state index contributed by atoms with van der Waals surface area (Å²) in [5, 5.41) is 1.19. The van der Waals surface area contributed by atoms with E-state index in [9.17, 15) is 0 Å². The summed E-state index contributed by atoms with van der Waals surface area (Å²) in [5.41, 5.74) is 1.15. The van der Waals surface area contributed by atoms with Crippen LogP contribution in [0.25, 0.3) is 10.9 Å². The third kappa shape index (κ3) is 1.60. The number of fused-ring (bicyclic) bond motifs is 1. The molecule has 2 aromatic rings. The van der Waals surface area contributed by atoms with Gasteiger partial charge in [-0.15, -0.1) is 0 Å². The van der Waals surface area contributed by atoms with E-state index in [1.54, 1.807) is 0 Å². The molecule has 0 unspecified atom stereocenters. The molecule has 78 valence electrons. The fourth-order valence-corrected chi connectivity index (χ4v) is 2.05. The van der Waals surface area contributed by atoms with Gasteiger partial charge in [-0.2, -0.15) is 0 Å². The minimum absolute atomic E-state index is 0.791. The lowest BCUT2D eigenvalue weighted by molar-refractivity contribution is 0.182. The highest BCUT2D eigenvalue weighted by Crippen LogP contribution is 2.29. The first-order chi connectivity index (χ1) is 7.43. The number of benzene rings is 1. The Hall–Kier alpha value is -1.44. The number of aromatic amines is 1. The summed E-state index contributed by atoms with van der Waals surface area (Å²) < 4.78 is 5.86. The van der Waals surface area contributed by atoms with E-state index in [1.807, 2.05) is 12.3 Å². The van der Waals surface area contributed by atoms with E-state index in [-0.39, 0.29) is 0 Å². The fourth-order valence-electron chi connectivity index (χ4n) is 2.05. The Balaban J connectivity index is 1.80. The maximum Gasteiger partial charge on any atom is 0.128 e. The van der Waals surface area contributed by atoms with E-state index in [0.29, 0.717) is 0 Å². The van der Waals surface area contributed by atoms with Gasteiger partial charge in [-0.3, -0.25) is 0 Å². The molecule has 0 atom stereocenters. The Kier molecular flexibility index (Phi) is 2.13. The van der Waals surface area contributed by atoms with Crippen LogP contribution in [-0.4, -0.2) is 11.6 Å². The van der Waals surface area contributed by atoms with Crippen molar-refractivity contribution in [2.24, 2.45) is 5.92 Å². The van der Waals surface area contributed by atoms with Gasteiger partial charge in [-0.25, -0.2) is 0 Å². The zero-order chi connectivity index (χ0) is 10.1. The highest BCUT2D eigenvalue weighted by molar-refractivity contribution is 5.85. The van der Waals surface area contributed by atoms with Crippen molar-refractivity contribution < 1.29 is 4.74 Å². The predicted molar refractivity (Wildman–Crippen MR) is 61.1 cm³/mol. The van der Waals surface area contributed by atoms with Crippen LogP contribution in [0.3, 0.4) is 0 Å². The molecule has 15 heavy (non-hydrogen) atoms. The van der Waals surface area contributed by atoms with Crippen LogP contribution in [-0.2, 0) is 0 Å². The van der Waals surface area contributed by atoms with Crippen molar-refractivity contribution in [1.82, 2.24) is 4.98 Å². The Morgan fingerprint density at radius 1 is 1.27 bits per heavy atom. The lowest BCUT2D eigenvalue weighted by Gasteiger charge is -2.25. The number of aromatic nitrogens is 1. The molecule has 0 radical (unpaired) electrons. The maximum absolute atomic E-state index is 5.86. The molecule has 1 aliphatic carbocycles. The molecule has 2 heteroatoms. The van der Waals surface area contributed by atoms with Crippen LogP contribution in [0.4, 0.5) is 0 Å². The van der Waals surface area contributed by atoms with Gasteiger partial charge in [0, 0.05) is 17.1 Å². The molecule has 0 amide bonds. The highest BCUT2D eigenvalue weighted by atomic mass is 16.5. The molecule has 1 N–H and O–H groups in total. The van der Waals surface area contributed by atoms with Crippen LogP contribution in [0.15, 0.2) is 30.5 Å². The summed E-state index contributed by atoms with van der Waals surface area (Å²) in [5.74, 6) is 1.81. The standard InChI is InChI=1S/C13H15NO/c1-3-10(4-1)9-15-13-6-2-5-12-11(13)7-8-14-12/h2,5-8,10,14H,1,3-4,9H2. The molecular formula is C13H15NO. The molecule has 1 fully saturated rings. The highest BCUT2D eigenvalue weighted by Gasteiger charge is 2.18. The van der Waals surface area contributed by atoms with E-state index in [4.69, 9.17) is 4.74 Å². The van der Waals surface area contributed by atoms with Crippen LogP contribution in [0.5, 0.6) is 5.75 Å². The zero-order valence-electron chi connectivity index (χ0n) is 8.70. The van der Waals surface area contributed by atoms with Gasteiger partial charge in [-0.1, -0.05) is 12.5 Å². The molecule has 1 saturated carbocycles. The SMILES string of the molecule is c1cc(OCC2CCC2)c2cc[nH]c2c1.